The predicted octanol–water partition coefficient (Wildman–Crippen LogP) is 1.80. The molecular weight excluding hydrogens is 609 g/mol. The fourth-order valence-electron chi connectivity index (χ4n) is 4.81. The summed E-state index contributed by atoms with van der Waals surface area (Å²) in [4.78, 5) is 24.0. The molecule has 228 valence electrons. The molecule has 5 heterocycles. The molecule has 1 saturated heterocycles. The number of carboxylic acid groups (broad SMARTS) is 2. The molecule has 3 aromatic rings. The number of hydrogen-bond acceptors (Lipinski definition) is 10. The topological polar surface area (TPSA) is 187 Å². The monoisotopic (exact) mass is 634 g/mol. The molecular formula is C25H26ClF3N4O8S. The van der Waals surface area contributed by atoms with Gasteiger partial charge in [0.1, 0.15) is 12.2 Å². The molecule has 2 unspecified atom stereocenters. The van der Waals surface area contributed by atoms with Crippen molar-refractivity contribution in [1.82, 2.24) is 20.1 Å². The van der Waals surface area contributed by atoms with Crippen LogP contribution in [-0.2, 0) is 38.9 Å². The van der Waals surface area contributed by atoms with Gasteiger partial charge in [-0.3, -0.25) is 0 Å². The van der Waals surface area contributed by atoms with Crippen LogP contribution in [0.15, 0.2) is 30.6 Å². The SMILES string of the molecule is O=C(O)[C@H](O)[C@@H](O)C(=O)O.OCc1nn(-c2ncccc2F)cc1CC1CC2(CCN1)OCC(F)(F)c1cc(Cl)sc12. The molecule has 0 aliphatic carbocycles. The zero-order chi connectivity index (χ0) is 30.8. The van der Waals surface area contributed by atoms with Crippen LogP contribution in [0.3, 0.4) is 0 Å². The predicted molar refractivity (Wildman–Crippen MR) is 140 cm³/mol. The van der Waals surface area contributed by atoms with Gasteiger partial charge in [-0.15, -0.1) is 11.3 Å². The van der Waals surface area contributed by atoms with E-state index in [1.54, 1.807) is 6.20 Å². The molecule has 3 aromatic heterocycles. The van der Waals surface area contributed by atoms with Crippen molar-refractivity contribution in [2.45, 2.75) is 55.6 Å². The molecule has 0 radical (unpaired) electrons. The van der Waals surface area contributed by atoms with Gasteiger partial charge in [0.2, 0.25) is 0 Å². The van der Waals surface area contributed by atoms with Crippen molar-refractivity contribution in [3.63, 3.8) is 0 Å². The summed E-state index contributed by atoms with van der Waals surface area (Å²) >= 11 is 7.24. The molecule has 1 fully saturated rings. The third-order valence-electron chi connectivity index (χ3n) is 6.83. The Morgan fingerprint density at radius 1 is 1.26 bits per heavy atom. The van der Waals surface area contributed by atoms with E-state index in [-0.39, 0.29) is 24.0 Å². The Hall–Kier alpha value is -3.12. The average Bonchev–Trinajstić information content (AvgIpc) is 3.55. The van der Waals surface area contributed by atoms with Crippen molar-refractivity contribution < 1.29 is 53.0 Å². The van der Waals surface area contributed by atoms with Gasteiger partial charge in [-0.25, -0.2) is 23.6 Å². The second kappa shape index (κ2) is 12.6. The summed E-state index contributed by atoms with van der Waals surface area (Å²) < 4.78 is 50.4. The van der Waals surface area contributed by atoms with Gasteiger partial charge in [-0.05, 0) is 49.6 Å². The second-order valence-corrected chi connectivity index (χ2v) is 11.4. The lowest BCUT2D eigenvalue weighted by Gasteiger charge is -2.45. The highest BCUT2D eigenvalue weighted by atomic mass is 35.5. The van der Waals surface area contributed by atoms with Gasteiger partial charge in [-0.1, -0.05) is 11.6 Å². The number of nitrogens with one attached hydrogen (secondary N) is 1. The summed E-state index contributed by atoms with van der Waals surface area (Å²) in [7, 11) is 0. The molecule has 6 N–H and O–H groups in total. The summed E-state index contributed by atoms with van der Waals surface area (Å²) in [5.41, 5.74) is 0.242. The normalized spacial score (nSPS) is 22.5. The highest BCUT2D eigenvalue weighted by molar-refractivity contribution is 7.16. The minimum atomic E-state index is -3.07. The van der Waals surface area contributed by atoms with Gasteiger partial charge in [0.15, 0.2) is 23.8 Å². The van der Waals surface area contributed by atoms with Crippen molar-refractivity contribution >= 4 is 34.9 Å². The molecule has 4 atom stereocenters. The third-order valence-corrected chi connectivity index (χ3v) is 8.28. The lowest BCUT2D eigenvalue weighted by molar-refractivity contribution is -0.178. The Kier molecular flexibility index (Phi) is 9.56. The number of rotatable bonds is 7. The Morgan fingerprint density at radius 3 is 2.57 bits per heavy atom. The number of nitrogens with zero attached hydrogens (tertiary/aromatic N) is 3. The van der Waals surface area contributed by atoms with Crippen molar-refractivity contribution in [2.75, 3.05) is 13.2 Å². The fourth-order valence-corrected chi connectivity index (χ4v) is 6.28. The maximum atomic E-state index is 14.4. The van der Waals surface area contributed by atoms with E-state index in [4.69, 9.17) is 36.8 Å². The van der Waals surface area contributed by atoms with Crippen LogP contribution >= 0.6 is 22.9 Å². The van der Waals surface area contributed by atoms with Crippen LogP contribution in [0.4, 0.5) is 13.2 Å². The van der Waals surface area contributed by atoms with E-state index in [0.717, 1.165) is 16.9 Å². The summed E-state index contributed by atoms with van der Waals surface area (Å²) in [6, 6.07) is 3.99. The number of ether oxygens (including phenoxy) is 1. The van der Waals surface area contributed by atoms with E-state index < -0.39 is 48.1 Å². The number of carboxylic acids is 2. The van der Waals surface area contributed by atoms with Gasteiger partial charge in [0.25, 0.3) is 5.92 Å². The van der Waals surface area contributed by atoms with Gasteiger partial charge in [0, 0.05) is 28.9 Å². The summed E-state index contributed by atoms with van der Waals surface area (Å²) in [6.45, 7) is -0.427. The maximum absolute atomic E-state index is 14.4. The molecule has 2 aliphatic rings. The molecule has 0 bridgehead atoms. The molecule has 5 rings (SSSR count). The number of aliphatic hydroxyl groups excluding tert-OH is 3. The van der Waals surface area contributed by atoms with Crippen LogP contribution in [-0.4, -0.2) is 83.6 Å². The van der Waals surface area contributed by atoms with Crippen LogP contribution < -0.4 is 5.32 Å². The summed E-state index contributed by atoms with van der Waals surface area (Å²) in [6.07, 6.45) is 0.0409. The molecule has 1 spiro atoms. The summed E-state index contributed by atoms with van der Waals surface area (Å²) in [5, 5.41) is 50.0. The van der Waals surface area contributed by atoms with E-state index in [1.165, 1.54) is 29.1 Å². The van der Waals surface area contributed by atoms with Crippen molar-refractivity contribution in [3.8, 4) is 5.82 Å². The molecule has 42 heavy (non-hydrogen) atoms. The van der Waals surface area contributed by atoms with Gasteiger partial charge in [-0.2, -0.15) is 13.9 Å². The van der Waals surface area contributed by atoms with E-state index in [0.29, 0.717) is 40.7 Å². The number of alkyl halides is 2. The minimum absolute atomic E-state index is 0.0391. The van der Waals surface area contributed by atoms with Crippen LogP contribution in [0.5, 0.6) is 0 Å². The first-order valence-corrected chi connectivity index (χ1v) is 13.6. The number of fused-ring (bicyclic) bond motifs is 2. The Bertz CT molecular complexity index is 1440. The molecule has 17 heteroatoms. The standard InChI is InChI=1S/C21H20ClF3N4O2S.C4H6O6/c22-17-7-14-18(32-17)20(31-11-21(14,24)25)3-5-26-13(8-20)6-12-9-29(28-16(12)10-30)19-15(23)2-1-4-27-19;5-1(3(7)8)2(6)4(9)10/h1-2,4,7,9,13,26,30H,3,5-6,8,10-11H2;1-2,5-6H,(H,7,8)(H,9,10)/t;1-,2-/m.1/s1. The zero-order valence-corrected chi connectivity index (χ0v) is 23.2. The fraction of sp³-hybridized carbons (Fsp3) is 0.440. The summed E-state index contributed by atoms with van der Waals surface area (Å²) in [5.74, 6) is -7.09. The quantitative estimate of drug-likeness (QED) is 0.222. The number of halogens is 4. The number of aliphatic hydroxyl groups is 3. The van der Waals surface area contributed by atoms with Crippen LogP contribution in [0, 0.1) is 5.82 Å². The molecule has 2 aliphatic heterocycles. The maximum Gasteiger partial charge on any atom is 0.335 e. The van der Waals surface area contributed by atoms with E-state index in [1.807, 2.05) is 0 Å². The van der Waals surface area contributed by atoms with Gasteiger partial charge >= 0.3 is 11.9 Å². The van der Waals surface area contributed by atoms with E-state index in [2.05, 4.69) is 15.4 Å². The van der Waals surface area contributed by atoms with Crippen molar-refractivity contribution in [3.05, 3.63) is 62.4 Å². The number of piperidine rings is 1. The lowest BCUT2D eigenvalue weighted by atomic mass is 9.80. The highest BCUT2D eigenvalue weighted by Crippen LogP contribution is 2.52. The number of aliphatic carboxylic acids is 2. The smallest absolute Gasteiger partial charge is 0.335 e. The highest BCUT2D eigenvalue weighted by Gasteiger charge is 2.52. The number of pyridine rings is 1. The van der Waals surface area contributed by atoms with Crippen LogP contribution in [0.1, 0.15) is 34.5 Å². The van der Waals surface area contributed by atoms with E-state index >= 15 is 0 Å². The minimum Gasteiger partial charge on any atom is -0.479 e. The Labute approximate surface area is 245 Å². The number of aromatic nitrogens is 3. The third kappa shape index (κ3) is 6.59. The first-order chi connectivity index (χ1) is 19.8. The molecule has 12 nitrogen and oxygen atoms in total. The molecule has 0 saturated carbocycles. The first-order valence-electron chi connectivity index (χ1n) is 12.4. The van der Waals surface area contributed by atoms with Crippen LogP contribution in [0.2, 0.25) is 4.34 Å². The van der Waals surface area contributed by atoms with Gasteiger partial charge in [0.05, 0.1) is 16.6 Å². The van der Waals surface area contributed by atoms with Crippen molar-refractivity contribution in [2.24, 2.45) is 0 Å². The van der Waals surface area contributed by atoms with Crippen LogP contribution in [0.25, 0.3) is 5.82 Å². The first kappa shape index (κ1) is 31.8. The second-order valence-electron chi connectivity index (χ2n) is 9.67. The van der Waals surface area contributed by atoms with Gasteiger partial charge < -0.3 is 35.6 Å². The van der Waals surface area contributed by atoms with E-state index in [9.17, 15) is 27.9 Å². The largest absolute Gasteiger partial charge is 0.479 e. The molecule has 0 aromatic carbocycles. The lowest BCUT2D eigenvalue weighted by Crippen LogP contribution is -2.52. The number of thiophene rings is 1. The Morgan fingerprint density at radius 2 is 1.95 bits per heavy atom. The average molecular weight is 635 g/mol. The number of hydrogen-bond donors (Lipinski definition) is 6. The van der Waals surface area contributed by atoms with Crippen molar-refractivity contribution in [1.29, 1.82) is 0 Å². The Balaban J connectivity index is 0.000000349. The number of carbonyl (C=O) groups is 2. The molecule has 0 amide bonds. The zero-order valence-electron chi connectivity index (χ0n) is 21.6.